The monoisotopic (exact) mass is 490 g/mol. The molecule has 1 spiro atoms. The molecule has 0 radical (unpaired) electrons. The van der Waals surface area contributed by atoms with Crippen LogP contribution in [0.1, 0.15) is 44.6 Å². The first-order valence-corrected chi connectivity index (χ1v) is 14.2. The maximum atomic E-state index is 13.4. The van der Waals surface area contributed by atoms with Gasteiger partial charge in [-0.25, -0.2) is 13.2 Å². The molecule has 3 aliphatic rings. The Labute approximate surface area is 203 Å². The molecule has 0 unspecified atom stereocenters. The Kier molecular flexibility index (Phi) is 6.97. The normalized spacial score (nSPS) is 29.3. The van der Waals surface area contributed by atoms with Gasteiger partial charge in [-0.15, -0.1) is 0 Å². The van der Waals surface area contributed by atoms with Crippen LogP contribution in [0.3, 0.4) is 0 Å². The topological polar surface area (TPSA) is 81.2 Å². The van der Waals surface area contributed by atoms with E-state index in [1.165, 1.54) is 5.56 Å². The number of hydrogen-bond donors (Lipinski definition) is 0. The Balaban J connectivity index is 1.50. The first-order valence-electron chi connectivity index (χ1n) is 12.4. The van der Waals surface area contributed by atoms with E-state index in [-0.39, 0.29) is 54.2 Å². The second-order valence-corrected chi connectivity index (χ2v) is 12.6. The van der Waals surface area contributed by atoms with Crippen LogP contribution >= 0.6 is 0 Å². The molecular weight excluding hydrogens is 452 g/mol. The zero-order valence-electron chi connectivity index (χ0n) is 20.7. The standard InChI is InChI=1S/C25H38N4O4S/c1-4-14-29-23(31)28(19-22(30)27-15-17-34(32,33)18-16-27)20-24(29)10-12-25(13-11-24,26(2)3)21-8-6-5-7-9-21/h5-9H,4,10-20H2,1-3H3/t24-,25+. The lowest BCUT2D eigenvalue weighted by atomic mass is 9.68. The number of hydrogen-bond acceptors (Lipinski definition) is 5. The third-order valence-corrected chi connectivity index (χ3v) is 9.81. The van der Waals surface area contributed by atoms with E-state index in [0.717, 1.165) is 32.1 Å². The lowest BCUT2D eigenvalue weighted by Gasteiger charge is -2.51. The molecule has 188 valence electrons. The van der Waals surface area contributed by atoms with Crippen LogP contribution in [-0.4, -0.2) is 104 Å². The van der Waals surface area contributed by atoms with E-state index in [1.54, 1.807) is 9.80 Å². The van der Waals surface area contributed by atoms with Gasteiger partial charge < -0.3 is 14.7 Å². The number of amides is 3. The maximum Gasteiger partial charge on any atom is 0.321 e. The van der Waals surface area contributed by atoms with E-state index in [4.69, 9.17) is 0 Å². The predicted molar refractivity (Wildman–Crippen MR) is 132 cm³/mol. The number of urea groups is 1. The fraction of sp³-hybridized carbons (Fsp3) is 0.680. The third kappa shape index (κ3) is 4.56. The summed E-state index contributed by atoms with van der Waals surface area (Å²) in [5.74, 6) is -0.144. The number of benzene rings is 1. The highest BCUT2D eigenvalue weighted by Gasteiger charge is 2.54. The number of carbonyl (C=O) groups is 2. The molecule has 2 saturated heterocycles. The predicted octanol–water partition coefficient (Wildman–Crippen LogP) is 2.16. The second kappa shape index (κ2) is 9.49. The van der Waals surface area contributed by atoms with Gasteiger partial charge in [0.25, 0.3) is 0 Å². The molecule has 9 heteroatoms. The van der Waals surface area contributed by atoms with Gasteiger partial charge in [0.1, 0.15) is 6.54 Å². The summed E-state index contributed by atoms with van der Waals surface area (Å²) in [6, 6.07) is 10.6. The van der Waals surface area contributed by atoms with Crippen LogP contribution in [0.15, 0.2) is 30.3 Å². The minimum atomic E-state index is -3.05. The summed E-state index contributed by atoms with van der Waals surface area (Å²) in [5.41, 5.74) is 0.997. The second-order valence-electron chi connectivity index (χ2n) is 10.3. The minimum absolute atomic E-state index is 0.00465. The molecule has 3 fully saturated rings. The molecule has 4 rings (SSSR count). The molecule has 1 saturated carbocycles. The van der Waals surface area contributed by atoms with Crippen LogP contribution in [-0.2, 0) is 20.2 Å². The highest BCUT2D eigenvalue weighted by molar-refractivity contribution is 7.91. The first-order chi connectivity index (χ1) is 16.1. The van der Waals surface area contributed by atoms with Crippen molar-refractivity contribution in [2.45, 2.75) is 50.1 Å². The Morgan fingerprint density at radius 2 is 1.65 bits per heavy atom. The molecule has 1 aliphatic carbocycles. The highest BCUT2D eigenvalue weighted by Crippen LogP contribution is 2.48. The Morgan fingerprint density at radius 3 is 2.21 bits per heavy atom. The molecule has 3 amide bonds. The van der Waals surface area contributed by atoms with E-state index in [9.17, 15) is 18.0 Å². The number of rotatable bonds is 6. The lowest BCUT2D eigenvalue weighted by molar-refractivity contribution is -0.131. The van der Waals surface area contributed by atoms with Crippen molar-refractivity contribution in [3.05, 3.63) is 35.9 Å². The number of sulfone groups is 1. The van der Waals surface area contributed by atoms with Gasteiger partial charge in [0.05, 0.1) is 17.0 Å². The molecule has 0 aromatic heterocycles. The molecule has 0 N–H and O–H groups in total. The van der Waals surface area contributed by atoms with Gasteiger partial charge in [-0.05, 0) is 51.8 Å². The Morgan fingerprint density at radius 1 is 1.03 bits per heavy atom. The van der Waals surface area contributed by atoms with Crippen LogP contribution < -0.4 is 0 Å². The molecule has 1 aromatic rings. The fourth-order valence-electron chi connectivity index (χ4n) is 6.09. The molecule has 2 aliphatic heterocycles. The van der Waals surface area contributed by atoms with Crippen LogP contribution in [0.25, 0.3) is 0 Å². The minimum Gasteiger partial charge on any atom is -0.339 e. The van der Waals surface area contributed by atoms with Crippen molar-refractivity contribution in [1.29, 1.82) is 0 Å². The van der Waals surface area contributed by atoms with Gasteiger partial charge in [-0.3, -0.25) is 9.69 Å². The quantitative estimate of drug-likeness (QED) is 0.611. The average Bonchev–Trinajstić information content (AvgIpc) is 3.06. The van der Waals surface area contributed by atoms with Crippen LogP contribution in [0.2, 0.25) is 0 Å². The molecule has 1 aromatic carbocycles. The van der Waals surface area contributed by atoms with Crippen molar-refractivity contribution in [2.75, 3.05) is 58.3 Å². The maximum absolute atomic E-state index is 13.4. The summed E-state index contributed by atoms with van der Waals surface area (Å²) in [6.07, 6.45) is 4.54. The molecular formula is C25H38N4O4S. The van der Waals surface area contributed by atoms with Crippen molar-refractivity contribution < 1.29 is 18.0 Å². The molecule has 0 atom stereocenters. The summed E-state index contributed by atoms with van der Waals surface area (Å²) >= 11 is 0. The summed E-state index contributed by atoms with van der Waals surface area (Å²) in [5, 5.41) is 0. The summed E-state index contributed by atoms with van der Waals surface area (Å²) < 4.78 is 23.4. The van der Waals surface area contributed by atoms with E-state index < -0.39 is 9.84 Å². The van der Waals surface area contributed by atoms with Gasteiger partial charge in [-0.2, -0.15) is 0 Å². The van der Waals surface area contributed by atoms with Crippen molar-refractivity contribution in [3.8, 4) is 0 Å². The van der Waals surface area contributed by atoms with Gasteiger partial charge in [0.2, 0.25) is 5.91 Å². The van der Waals surface area contributed by atoms with Gasteiger partial charge in [-0.1, -0.05) is 37.3 Å². The van der Waals surface area contributed by atoms with E-state index >= 15 is 0 Å². The fourth-order valence-corrected chi connectivity index (χ4v) is 7.29. The van der Waals surface area contributed by atoms with E-state index in [2.05, 4.69) is 50.2 Å². The smallest absolute Gasteiger partial charge is 0.321 e. The van der Waals surface area contributed by atoms with Crippen LogP contribution in [0, 0.1) is 0 Å². The summed E-state index contributed by atoms with van der Waals surface area (Å²) in [6.45, 7) is 3.79. The Bertz CT molecular complexity index is 989. The zero-order chi connectivity index (χ0) is 24.6. The number of carbonyl (C=O) groups excluding carboxylic acids is 2. The van der Waals surface area contributed by atoms with Crippen molar-refractivity contribution in [2.24, 2.45) is 0 Å². The van der Waals surface area contributed by atoms with E-state index in [1.807, 2.05) is 11.0 Å². The Hall–Kier alpha value is -2.13. The van der Waals surface area contributed by atoms with Crippen molar-refractivity contribution >= 4 is 21.8 Å². The SMILES string of the molecule is CCCN1C(=O)N(CC(=O)N2CCS(=O)(=O)CC2)C[C@]12CC[C@](c1ccccc1)(N(C)C)CC2. The highest BCUT2D eigenvalue weighted by atomic mass is 32.2. The zero-order valence-corrected chi connectivity index (χ0v) is 21.5. The first kappa shape index (κ1) is 25.0. The summed E-state index contributed by atoms with van der Waals surface area (Å²) in [7, 11) is 1.22. The van der Waals surface area contributed by atoms with Crippen LogP contribution in [0.4, 0.5) is 4.79 Å². The van der Waals surface area contributed by atoms with Crippen LogP contribution in [0.5, 0.6) is 0 Å². The van der Waals surface area contributed by atoms with Gasteiger partial charge in [0.15, 0.2) is 9.84 Å². The third-order valence-electron chi connectivity index (χ3n) is 8.20. The van der Waals surface area contributed by atoms with E-state index in [0.29, 0.717) is 13.1 Å². The average molecular weight is 491 g/mol. The van der Waals surface area contributed by atoms with Gasteiger partial charge in [0, 0.05) is 31.7 Å². The summed E-state index contributed by atoms with van der Waals surface area (Å²) in [4.78, 5) is 34.0. The molecule has 0 bridgehead atoms. The number of nitrogens with zero attached hydrogens (tertiary/aromatic N) is 4. The van der Waals surface area contributed by atoms with Gasteiger partial charge >= 0.3 is 6.03 Å². The molecule has 2 heterocycles. The molecule has 34 heavy (non-hydrogen) atoms. The largest absolute Gasteiger partial charge is 0.339 e. The lowest BCUT2D eigenvalue weighted by Crippen LogP contribution is -2.55. The van der Waals surface area contributed by atoms with Crippen molar-refractivity contribution in [1.82, 2.24) is 19.6 Å². The van der Waals surface area contributed by atoms with Crippen molar-refractivity contribution in [3.63, 3.8) is 0 Å². The molecule has 8 nitrogen and oxygen atoms in total.